The second-order valence-corrected chi connectivity index (χ2v) is 15.2. The highest BCUT2D eigenvalue weighted by molar-refractivity contribution is 7.98. The molecule has 0 saturated heterocycles. The van der Waals surface area contributed by atoms with Crippen LogP contribution < -0.4 is 4.74 Å². The van der Waals surface area contributed by atoms with Crippen molar-refractivity contribution in [2.75, 3.05) is 13.2 Å². The van der Waals surface area contributed by atoms with Crippen LogP contribution in [0, 0.1) is 0 Å². The number of halogens is 1. The van der Waals surface area contributed by atoms with Crippen molar-refractivity contribution in [3.05, 3.63) is 93.7 Å². The minimum atomic E-state index is -1.07. The van der Waals surface area contributed by atoms with Gasteiger partial charge < -0.3 is 19.1 Å². The van der Waals surface area contributed by atoms with Gasteiger partial charge in [0.2, 0.25) is 0 Å². The van der Waals surface area contributed by atoms with Crippen molar-refractivity contribution < 1.29 is 14.6 Å². The van der Waals surface area contributed by atoms with Crippen molar-refractivity contribution in [3.63, 3.8) is 0 Å². The predicted molar refractivity (Wildman–Crippen MR) is 200 cm³/mol. The third-order valence-electron chi connectivity index (χ3n) is 9.71. The number of aliphatic hydroxyl groups excluding tert-OH is 1. The topological polar surface area (TPSA) is 79.3 Å². The number of rotatable bonds is 3. The number of thioether (sulfide) groups is 2. The summed E-state index contributed by atoms with van der Waals surface area (Å²) in [6, 6.07) is 19.1. The molecule has 5 heterocycles. The quantitative estimate of drug-likeness (QED) is 0.184. The Morgan fingerprint density at radius 2 is 1.86 bits per heavy atom. The van der Waals surface area contributed by atoms with Gasteiger partial charge in [-0.15, -0.1) is 23.5 Å². The Bertz CT molecular complexity index is 2190. The van der Waals surface area contributed by atoms with Gasteiger partial charge in [0.25, 0.3) is 0 Å². The van der Waals surface area contributed by atoms with E-state index < -0.39 is 6.29 Å². The van der Waals surface area contributed by atoms with Gasteiger partial charge in [0, 0.05) is 82.7 Å². The second-order valence-electron chi connectivity index (χ2n) is 12.8. The van der Waals surface area contributed by atoms with Crippen molar-refractivity contribution in [2.45, 2.75) is 67.6 Å². The highest BCUT2D eigenvalue weighted by atomic mass is 35.5. The molecule has 0 radical (unpaired) electrons. The lowest BCUT2D eigenvalue weighted by atomic mass is 9.97. The van der Waals surface area contributed by atoms with Crippen LogP contribution in [0.1, 0.15) is 60.1 Å². The Morgan fingerprint density at radius 3 is 2.73 bits per heavy atom. The van der Waals surface area contributed by atoms with E-state index in [9.17, 15) is 5.11 Å². The zero-order chi connectivity index (χ0) is 33.6. The van der Waals surface area contributed by atoms with E-state index in [0.717, 1.165) is 109 Å². The normalized spacial score (nSPS) is 16.0. The molecule has 1 N–H and O–H groups in total. The molecule has 0 amide bonds. The van der Waals surface area contributed by atoms with Crippen LogP contribution in [0.25, 0.3) is 32.8 Å². The average molecular weight is 714 g/mol. The number of ether oxygens (including phenoxy) is 2. The number of hydrogen-bond acceptors (Lipinski definition) is 7. The first-order chi connectivity index (χ1) is 23.9. The van der Waals surface area contributed by atoms with Gasteiger partial charge in [-0.2, -0.15) is 10.2 Å². The molecule has 11 heteroatoms. The molecule has 49 heavy (non-hydrogen) atoms. The standard InChI is InChI=1S/C38H40ClN5O3S2/c1-4-46-38(45)37-28-11-8-16-47-33-19-26(17-23-9-5-6-10-27(23)33)49-21-25-18-24(40-43(25)3)20-48-22-31-35(32-12-7-15-44(32)41-31)34-30(39)14-13-29(28)36(34)42(37)2/h5-6,9-10,13-14,17-19,38,45H,4,7-8,11-12,15-16,20-22H2,1-3H3. The van der Waals surface area contributed by atoms with Crippen LogP contribution >= 0.6 is 35.1 Å². The molecule has 1 unspecified atom stereocenters. The fourth-order valence-corrected chi connectivity index (χ4v) is 9.60. The van der Waals surface area contributed by atoms with Gasteiger partial charge in [-0.1, -0.05) is 41.9 Å². The second kappa shape index (κ2) is 13.7. The van der Waals surface area contributed by atoms with Gasteiger partial charge in [-0.3, -0.25) is 9.36 Å². The molecule has 0 spiro atoms. The Kier molecular flexibility index (Phi) is 9.18. The molecule has 0 aliphatic carbocycles. The van der Waals surface area contributed by atoms with E-state index in [1.807, 2.05) is 43.5 Å². The Morgan fingerprint density at radius 1 is 0.980 bits per heavy atom. The number of nitrogens with zero attached hydrogens (tertiary/aromatic N) is 5. The molecular formula is C38H40ClN5O3S2. The SMILES string of the molecule is CCOC(O)c1c2c3ccc(Cl)c(c3n1C)-c1c(nn3c1CCC3)CSCc1cc(n(C)n1)CSc1cc(c3ccccc3c1)OCCC2. The average Bonchev–Trinajstić information content (AvgIpc) is 3.84. The summed E-state index contributed by atoms with van der Waals surface area (Å²) in [4.78, 5) is 1.16. The van der Waals surface area contributed by atoms with Crippen LogP contribution in [0.2, 0.25) is 5.02 Å². The largest absolute Gasteiger partial charge is 0.493 e. The molecular weight excluding hydrogens is 674 g/mol. The molecule has 0 saturated carbocycles. The maximum absolute atomic E-state index is 11.4. The number of aliphatic hydroxyl groups is 1. The minimum absolute atomic E-state index is 0.399. The van der Waals surface area contributed by atoms with Gasteiger partial charge in [0.1, 0.15) is 5.75 Å². The van der Waals surface area contributed by atoms with Crippen molar-refractivity contribution in [1.29, 1.82) is 0 Å². The van der Waals surface area contributed by atoms with Crippen molar-refractivity contribution in [1.82, 2.24) is 24.1 Å². The molecule has 0 fully saturated rings. The van der Waals surface area contributed by atoms with Crippen molar-refractivity contribution in [2.24, 2.45) is 14.1 Å². The summed E-state index contributed by atoms with van der Waals surface area (Å²) in [5.41, 5.74) is 9.46. The molecule has 8 rings (SSSR count). The summed E-state index contributed by atoms with van der Waals surface area (Å²) >= 11 is 10.8. The highest BCUT2D eigenvalue weighted by Crippen LogP contribution is 2.45. The van der Waals surface area contributed by atoms with Crippen molar-refractivity contribution in [3.8, 4) is 16.9 Å². The number of benzene rings is 3. The number of hydrogen-bond donors (Lipinski definition) is 1. The molecule has 2 aliphatic rings. The van der Waals surface area contributed by atoms with Crippen LogP contribution in [0.5, 0.6) is 5.75 Å². The van der Waals surface area contributed by atoms with Gasteiger partial charge in [-0.05, 0) is 67.8 Å². The molecule has 8 nitrogen and oxygen atoms in total. The Hall–Kier alpha value is -3.41. The zero-order valence-electron chi connectivity index (χ0n) is 28.0. The van der Waals surface area contributed by atoms with Crippen molar-refractivity contribution >= 4 is 56.8 Å². The molecule has 1 atom stereocenters. The summed E-state index contributed by atoms with van der Waals surface area (Å²) in [6.45, 7) is 3.74. The Balaban J connectivity index is 1.26. The fourth-order valence-electron chi connectivity index (χ4n) is 7.52. The monoisotopic (exact) mass is 713 g/mol. The van der Waals surface area contributed by atoms with Crippen LogP contribution in [0.4, 0.5) is 0 Å². The van der Waals surface area contributed by atoms with Gasteiger partial charge in [-0.25, -0.2) is 0 Å². The van der Waals surface area contributed by atoms with Crippen LogP contribution in [0.15, 0.2) is 59.5 Å². The van der Waals surface area contributed by atoms with Gasteiger partial charge in [0.15, 0.2) is 6.29 Å². The van der Waals surface area contributed by atoms with E-state index in [1.165, 1.54) is 11.4 Å². The maximum atomic E-state index is 11.4. The first-order valence-corrected chi connectivity index (χ1v) is 19.5. The maximum Gasteiger partial charge on any atom is 0.196 e. The van der Waals surface area contributed by atoms with E-state index >= 15 is 0 Å². The lowest BCUT2D eigenvalue weighted by molar-refractivity contribution is -0.102. The first-order valence-electron chi connectivity index (χ1n) is 17.0. The van der Waals surface area contributed by atoms with E-state index in [1.54, 1.807) is 11.8 Å². The smallest absolute Gasteiger partial charge is 0.196 e. The molecule has 8 bridgehead atoms. The lowest BCUT2D eigenvalue weighted by Gasteiger charge is -2.16. The molecule has 6 aromatic rings. The zero-order valence-corrected chi connectivity index (χ0v) is 30.4. The van der Waals surface area contributed by atoms with Crippen LogP contribution in [-0.2, 0) is 55.5 Å². The van der Waals surface area contributed by atoms with Crippen LogP contribution in [0.3, 0.4) is 0 Å². The highest BCUT2D eigenvalue weighted by Gasteiger charge is 2.30. The van der Waals surface area contributed by atoms with E-state index in [-0.39, 0.29) is 0 Å². The predicted octanol–water partition coefficient (Wildman–Crippen LogP) is 8.61. The number of fused-ring (bicyclic) bond motifs is 10. The van der Waals surface area contributed by atoms with E-state index in [2.05, 4.69) is 57.8 Å². The number of aromatic nitrogens is 5. The summed E-state index contributed by atoms with van der Waals surface area (Å²) in [5, 5.41) is 25.4. The molecule has 254 valence electrons. The minimum Gasteiger partial charge on any atom is -0.493 e. The third kappa shape index (κ3) is 6.05. The van der Waals surface area contributed by atoms with Gasteiger partial charge >= 0.3 is 0 Å². The Labute approximate surface area is 299 Å². The summed E-state index contributed by atoms with van der Waals surface area (Å²) < 4.78 is 18.7. The first kappa shape index (κ1) is 32.8. The molecule has 3 aromatic carbocycles. The summed E-state index contributed by atoms with van der Waals surface area (Å²) in [5.74, 6) is 3.22. The summed E-state index contributed by atoms with van der Waals surface area (Å²) in [6.07, 6.45) is 2.43. The van der Waals surface area contributed by atoms with E-state index in [4.69, 9.17) is 31.3 Å². The summed E-state index contributed by atoms with van der Waals surface area (Å²) in [7, 11) is 4.05. The fraction of sp³-hybridized carbons (Fsp3) is 0.368. The third-order valence-corrected chi connectivity index (χ3v) is 12.0. The molecule has 2 aliphatic heterocycles. The lowest BCUT2D eigenvalue weighted by Crippen LogP contribution is -2.11. The van der Waals surface area contributed by atoms with E-state index in [0.29, 0.717) is 24.7 Å². The van der Waals surface area contributed by atoms with Gasteiger partial charge in [0.05, 0.1) is 34.2 Å². The number of aryl methyl sites for hydroxylation is 4. The van der Waals surface area contributed by atoms with Crippen LogP contribution in [-0.4, -0.2) is 42.4 Å². The molecule has 3 aromatic heterocycles.